The molecule has 1 aliphatic rings. The molecule has 8 nitrogen and oxygen atoms in total. The van der Waals surface area contributed by atoms with E-state index >= 15 is 0 Å². The van der Waals surface area contributed by atoms with Gasteiger partial charge in [0.05, 0.1) is 24.5 Å². The molecule has 0 saturated carbocycles. The maximum atomic E-state index is 12.6. The van der Waals surface area contributed by atoms with Crippen LogP contribution in [0.4, 0.5) is 10.8 Å². The smallest absolute Gasteiger partial charge is 0.244 e. The number of carbonyl (C=O) groups excluding carboxylic acids is 1. The molecule has 3 aromatic rings. The van der Waals surface area contributed by atoms with Crippen LogP contribution in [0.5, 0.6) is 0 Å². The van der Waals surface area contributed by atoms with Crippen molar-refractivity contribution in [2.75, 3.05) is 25.0 Å². The highest BCUT2D eigenvalue weighted by molar-refractivity contribution is 7.15. The van der Waals surface area contributed by atoms with Crippen LogP contribution in [0, 0.1) is 20.8 Å². The normalized spacial score (nSPS) is 16.8. The van der Waals surface area contributed by atoms with Crippen molar-refractivity contribution in [1.82, 2.24) is 24.6 Å². The molecule has 1 aliphatic heterocycles. The molecule has 4 rings (SSSR count). The van der Waals surface area contributed by atoms with E-state index in [4.69, 9.17) is 4.74 Å². The van der Waals surface area contributed by atoms with Crippen LogP contribution in [0.15, 0.2) is 30.6 Å². The topological polar surface area (TPSA) is 85.2 Å². The number of aromatic nitrogens is 4. The van der Waals surface area contributed by atoms with E-state index in [0.717, 1.165) is 27.9 Å². The minimum Gasteiger partial charge on any atom is -0.368 e. The van der Waals surface area contributed by atoms with Gasteiger partial charge < -0.3 is 15.0 Å². The molecule has 0 bridgehead atoms. The number of thiazole rings is 1. The zero-order chi connectivity index (χ0) is 20.4. The van der Waals surface area contributed by atoms with Crippen molar-refractivity contribution in [1.29, 1.82) is 0 Å². The Labute approximate surface area is 173 Å². The molecule has 152 valence electrons. The lowest BCUT2D eigenvalue weighted by Gasteiger charge is -2.33. The first-order valence-corrected chi connectivity index (χ1v) is 10.4. The fraction of sp³-hybridized carbons (Fsp3) is 0.400. The number of ether oxygens (including phenoxy) is 1. The Morgan fingerprint density at radius 1 is 1.31 bits per heavy atom. The van der Waals surface area contributed by atoms with Crippen molar-refractivity contribution >= 4 is 28.1 Å². The van der Waals surface area contributed by atoms with Crippen molar-refractivity contribution in [2.45, 2.75) is 33.4 Å². The summed E-state index contributed by atoms with van der Waals surface area (Å²) in [4.78, 5) is 24.8. The first kappa shape index (κ1) is 19.5. The lowest BCUT2D eigenvalue weighted by molar-refractivity contribution is -0.140. The van der Waals surface area contributed by atoms with Gasteiger partial charge in [-0.3, -0.25) is 14.5 Å². The maximum Gasteiger partial charge on any atom is 0.244 e. The molecule has 1 fully saturated rings. The Bertz CT molecular complexity index is 981. The molecule has 0 radical (unpaired) electrons. The van der Waals surface area contributed by atoms with E-state index in [1.54, 1.807) is 28.4 Å². The maximum absolute atomic E-state index is 12.6. The standard InChI is InChI=1S/C20H24N6O2S/c1-13-9-16(24-20-23-14(2)15(3)29-20)10-17(22-13)18-11-25(7-8-28-18)19(27)12-26-6-4-5-21-26/h4-6,9-10,18H,7-8,11-12H2,1-3H3,(H,22,23,24)/t18-/m1/s1. The van der Waals surface area contributed by atoms with E-state index in [-0.39, 0.29) is 18.6 Å². The van der Waals surface area contributed by atoms with E-state index in [0.29, 0.717) is 19.7 Å². The highest BCUT2D eigenvalue weighted by Gasteiger charge is 2.27. The predicted molar refractivity (Wildman–Crippen MR) is 111 cm³/mol. The van der Waals surface area contributed by atoms with Crippen molar-refractivity contribution < 1.29 is 9.53 Å². The molecule has 0 unspecified atom stereocenters. The van der Waals surface area contributed by atoms with Gasteiger partial charge in [-0.1, -0.05) is 0 Å². The third-order valence-corrected chi connectivity index (χ3v) is 5.85. The van der Waals surface area contributed by atoms with Crippen LogP contribution in [-0.4, -0.2) is 50.3 Å². The highest BCUT2D eigenvalue weighted by Crippen LogP contribution is 2.28. The van der Waals surface area contributed by atoms with Crippen molar-refractivity contribution in [3.05, 3.63) is 52.6 Å². The predicted octanol–water partition coefficient (Wildman–Crippen LogP) is 3.00. The molecule has 1 saturated heterocycles. The van der Waals surface area contributed by atoms with Gasteiger partial charge in [-0.2, -0.15) is 5.10 Å². The Balaban J connectivity index is 1.48. The van der Waals surface area contributed by atoms with Crippen molar-refractivity contribution in [2.24, 2.45) is 0 Å². The second-order valence-electron chi connectivity index (χ2n) is 7.11. The van der Waals surface area contributed by atoms with Gasteiger partial charge in [0.1, 0.15) is 12.6 Å². The lowest BCUT2D eigenvalue weighted by atomic mass is 10.1. The van der Waals surface area contributed by atoms with Crippen LogP contribution in [0.3, 0.4) is 0 Å². The minimum absolute atomic E-state index is 0.0294. The van der Waals surface area contributed by atoms with Crippen LogP contribution in [0.25, 0.3) is 0 Å². The summed E-state index contributed by atoms with van der Waals surface area (Å²) in [5.74, 6) is 0.0294. The summed E-state index contributed by atoms with van der Waals surface area (Å²) >= 11 is 1.63. The molecule has 1 amide bonds. The molecular weight excluding hydrogens is 388 g/mol. The molecule has 29 heavy (non-hydrogen) atoms. The lowest BCUT2D eigenvalue weighted by Crippen LogP contribution is -2.43. The van der Waals surface area contributed by atoms with Crippen LogP contribution in [0.2, 0.25) is 0 Å². The number of amides is 1. The quantitative estimate of drug-likeness (QED) is 0.693. The SMILES string of the molecule is Cc1cc(Nc2nc(C)c(C)s2)cc([C@H]2CN(C(=O)Cn3cccn3)CCO2)n1. The minimum atomic E-state index is -0.259. The zero-order valence-electron chi connectivity index (χ0n) is 16.8. The van der Waals surface area contributed by atoms with Crippen LogP contribution in [0.1, 0.15) is 28.1 Å². The number of nitrogens with zero attached hydrogens (tertiary/aromatic N) is 5. The molecule has 0 aromatic carbocycles. The largest absolute Gasteiger partial charge is 0.368 e. The molecule has 9 heteroatoms. The van der Waals surface area contributed by atoms with Gasteiger partial charge in [-0.25, -0.2) is 4.98 Å². The van der Waals surface area contributed by atoms with Crippen molar-refractivity contribution in [3.63, 3.8) is 0 Å². The highest BCUT2D eigenvalue weighted by atomic mass is 32.1. The fourth-order valence-electron chi connectivity index (χ4n) is 3.27. The van der Waals surface area contributed by atoms with Crippen LogP contribution < -0.4 is 5.32 Å². The number of carbonyl (C=O) groups is 1. The van der Waals surface area contributed by atoms with Gasteiger partial charge >= 0.3 is 0 Å². The molecule has 0 aliphatic carbocycles. The monoisotopic (exact) mass is 412 g/mol. The summed E-state index contributed by atoms with van der Waals surface area (Å²) in [5, 5.41) is 8.34. The third kappa shape index (κ3) is 4.63. The third-order valence-electron chi connectivity index (χ3n) is 4.86. The molecule has 1 atom stereocenters. The number of rotatable bonds is 5. The summed E-state index contributed by atoms with van der Waals surface area (Å²) < 4.78 is 7.58. The van der Waals surface area contributed by atoms with Crippen LogP contribution >= 0.6 is 11.3 Å². The molecule has 3 aromatic heterocycles. The number of nitrogens with one attached hydrogen (secondary N) is 1. The van der Waals surface area contributed by atoms with Gasteiger partial charge in [0.2, 0.25) is 5.91 Å². The summed E-state index contributed by atoms with van der Waals surface area (Å²) in [6.45, 7) is 7.79. The molecule has 0 spiro atoms. The second kappa shape index (κ2) is 8.30. The average Bonchev–Trinajstić information content (AvgIpc) is 3.31. The van der Waals surface area contributed by atoms with Gasteiger partial charge in [-0.05, 0) is 39.0 Å². The van der Waals surface area contributed by atoms with E-state index in [2.05, 4.69) is 27.3 Å². The zero-order valence-corrected chi connectivity index (χ0v) is 17.6. The van der Waals surface area contributed by atoms with Gasteiger partial charge in [0.15, 0.2) is 5.13 Å². The van der Waals surface area contributed by atoms with E-state index < -0.39 is 0 Å². The Morgan fingerprint density at radius 2 is 2.17 bits per heavy atom. The fourth-order valence-corrected chi connectivity index (χ4v) is 4.10. The molecule has 4 heterocycles. The Morgan fingerprint density at radius 3 is 2.90 bits per heavy atom. The number of aryl methyl sites for hydroxylation is 3. The number of anilines is 2. The van der Waals surface area contributed by atoms with E-state index in [1.165, 1.54) is 4.88 Å². The first-order valence-electron chi connectivity index (χ1n) is 9.54. The van der Waals surface area contributed by atoms with Gasteiger partial charge in [-0.15, -0.1) is 11.3 Å². The molecule has 1 N–H and O–H groups in total. The summed E-state index contributed by atoms with van der Waals surface area (Å²) in [7, 11) is 0. The Kier molecular flexibility index (Phi) is 5.59. The molecular formula is C20H24N6O2S. The Hall–Kier alpha value is -2.78. The van der Waals surface area contributed by atoms with Gasteiger partial charge in [0, 0.05) is 35.2 Å². The summed E-state index contributed by atoms with van der Waals surface area (Å²) in [6, 6.07) is 5.77. The number of hydrogen-bond acceptors (Lipinski definition) is 7. The van der Waals surface area contributed by atoms with E-state index in [1.807, 2.05) is 36.9 Å². The summed E-state index contributed by atoms with van der Waals surface area (Å²) in [6.07, 6.45) is 3.20. The average molecular weight is 413 g/mol. The van der Waals surface area contributed by atoms with Crippen LogP contribution in [-0.2, 0) is 16.1 Å². The van der Waals surface area contributed by atoms with E-state index in [9.17, 15) is 4.79 Å². The number of pyridine rings is 1. The number of morpholine rings is 1. The second-order valence-corrected chi connectivity index (χ2v) is 8.31. The van der Waals surface area contributed by atoms with Gasteiger partial charge in [0.25, 0.3) is 0 Å². The first-order chi connectivity index (χ1) is 14.0. The summed E-state index contributed by atoms with van der Waals surface area (Å²) in [5.41, 5.74) is 3.66. The number of hydrogen-bond donors (Lipinski definition) is 1. The van der Waals surface area contributed by atoms with Crippen molar-refractivity contribution in [3.8, 4) is 0 Å².